The number of carboxylic acids is 1. The molecule has 2 aromatic heterocycles. The molecule has 0 saturated carbocycles. The van der Waals surface area contributed by atoms with Gasteiger partial charge in [0.15, 0.2) is 0 Å². The fraction of sp³-hybridized carbons (Fsp3) is 0.417. The molecule has 0 aliphatic heterocycles. The first kappa shape index (κ1) is 11.9. The van der Waals surface area contributed by atoms with Gasteiger partial charge >= 0.3 is 5.97 Å². The lowest BCUT2D eigenvalue weighted by molar-refractivity contribution is -0.148. The summed E-state index contributed by atoms with van der Waals surface area (Å²) >= 11 is 7.64. The number of halogens is 1. The van der Waals surface area contributed by atoms with Crippen molar-refractivity contribution in [3.8, 4) is 0 Å². The molecule has 1 N–H and O–H groups in total. The minimum atomic E-state index is -0.734. The van der Waals surface area contributed by atoms with Crippen LogP contribution in [0.3, 0.4) is 0 Å². The smallest absolute Gasteiger partial charge is 0.309 e. The van der Waals surface area contributed by atoms with E-state index in [-0.39, 0.29) is 0 Å². The van der Waals surface area contributed by atoms with Crippen molar-refractivity contribution in [3.63, 3.8) is 0 Å². The molecule has 6 heteroatoms. The van der Waals surface area contributed by atoms with Crippen LogP contribution in [0.1, 0.15) is 23.8 Å². The number of carbonyl (C=O) groups is 1. The monoisotopic (exact) mass is 282 g/mol. The second kappa shape index (κ2) is 3.90. The predicted molar refractivity (Wildman–Crippen MR) is 70.2 cm³/mol. The fourth-order valence-electron chi connectivity index (χ4n) is 2.43. The lowest BCUT2D eigenvalue weighted by Crippen LogP contribution is -2.33. The second-order valence-electron chi connectivity index (χ2n) is 4.89. The van der Waals surface area contributed by atoms with E-state index in [0.29, 0.717) is 18.0 Å². The van der Waals surface area contributed by atoms with Crippen LogP contribution in [0.4, 0.5) is 0 Å². The Balaban J connectivity index is 2.17. The Morgan fingerprint density at radius 3 is 3.06 bits per heavy atom. The summed E-state index contributed by atoms with van der Waals surface area (Å²) in [5.41, 5.74) is 0.465. The molecule has 1 aliphatic rings. The van der Waals surface area contributed by atoms with Crippen molar-refractivity contribution in [2.75, 3.05) is 0 Å². The molecule has 3 rings (SSSR count). The van der Waals surface area contributed by atoms with Crippen molar-refractivity contribution in [3.05, 3.63) is 21.9 Å². The van der Waals surface area contributed by atoms with Gasteiger partial charge in [0.2, 0.25) is 0 Å². The van der Waals surface area contributed by atoms with Gasteiger partial charge in [-0.15, -0.1) is 11.3 Å². The summed E-state index contributed by atoms with van der Waals surface area (Å²) in [6.07, 6.45) is 3.36. The maximum Gasteiger partial charge on any atom is 0.309 e. The molecule has 1 atom stereocenters. The van der Waals surface area contributed by atoms with Crippen molar-refractivity contribution in [2.45, 2.75) is 26.2 Å². The highest BCUT2D eigenvalue weighted by Gasteiger charge is 2.38. The molecule has 0 fully saturated rings. The fourth-order valence-corrected chi connectivity index (χ4v) is 4.11. The van der Waals surface area contributed by atoms with E-state index in [4.69, 9.17) is 11.6 Å². The van der Waals surface area contributed by atoms with E-state index in [2.05, 4.69) is 9.97 Å². The minimum absolute atomic E-state index is 0.469. The van der Waals surface area contributed by atoms with Crippen LogP contribution in [-0.2, 0) is 17.6 Å². The van der Waals surface area contributed by atoms with Gasteiger partial charge in [-0.2, -0.15) is 0 Å². The predicted octanol–water partition coefficient (Wildman–Crippen LogP) is 2.92. The number of carboxylic acid groups (broad SMARTS) is 1. The van der Waals surface area contributed by atoms with E-state index >= 15 is 0 Å². The van der Waals surface area contributed by atoms with Gasteiger partial charge in [-0.3, -0.25) is 4.79 Å². The Labute approximate surface area is 113 Å². The molecule has 0 saturated heterocycles. The molecule has 0 aromatic carbocycles. The summed E-state index contributed by atoms with van der Waals surface area (Å²) in [6.45, 7) is 1.80. The highest BCUT2D eigenvalue weighted by atomic mass is 35.5. The van der Waals surface area contributed by atoms with Crippen molar-refractivity contribution >= 4 is 39.1 Å². The number of hydrogen-bond donors (Lipinski definition) is 1. The van der Waals surface area contributed by atoms with E-state index < -0.39 is 11.4 Å². The molecule has 0 amide bonds. The van der Waals surface area contributed by atoms with Gasteiger partial charge in [0.25, 0.3) is 0 Å². The molecule has 2 heterocycles. The first-order valence-electron chi connectivity index (χ1n) is 5.65. The lowest BCUT2D eigenvalue weighted by Gasteiger charge is -2.29. The van der Waals surface area contributed by atoms with E-state index in [9.17, 15) is 9.90 Å². The van der Waals surface area contributed by atoms with Gasteiger partial charge < -0.3 is 5.11 Å². The molecule has 18 heavy (non-hydrogen) atoms. The van der Waals surface area contributed by atoms with Crippen LogP contribution in [0.5, 0.6) is 0 Å². The standard InChI is InChI=1S/C12H11ClN2O2S/c1-12(11(16)17)3-2-6-7(4-12)18-10-8(6)9(13)14-5-15-10/h5H,2-4H2,1H3,(H,16,17)/t12-/m0/s1. The average Bonchev–Trinajstić information content (AvgIpc) is 2.67. The number of aliphatic carboxylic acids is 1. The Bertz CT molecular complexity index is 655. The van der Waals surface area contributed by atoms with Gasteiger partial charge in [0.05, 0.1) is 10.8 Å². The molecule has 2 aromatic rings. The van der Waals surface area contributed by atoms with Gasteiger partial charge in [0.1, 0.15) is 16.3 Å². The normalized spacial score (nSPS) is 23.0. The van der Waals surface area contributed by atoms with E-state index in [1.54, 1.807) is 6.92 Å². The molecule has 0 radical (unpaired) electrons. The third-order valence-corrected chi connectivity index (χ3v) is 5.04. The highest BCUT2D eigenvalue weighted by Crippen LogP contribution is 2.43. The second-order valence-corrected chi connectivity index (χ2v) is 6.33. The average molecular weight is 283 g/mol. The number of thiophene rings is 1. The zero-order valence-electron chi connectivity index (χ0n) is 9.73. The minimum Gasteiger partial charge on any atom is -0.481 e. The van der Waals surface area contributed by atoms with E-state index in [1.165, 1.54) is 17.7 Å². The molecule has 1 aliphatic carbocycles. The molecular weight excluding hydrogens is 272 g/mol. The van der Waals surface area contributed by atoms with Crippen molar-refractivity contribution in [1.82, 2.24) is 9.97 Å². The van der Waals surface area contributed by atoms with Crippen LogP contribution in [0, 0.1) is 5.41 Å². The third-order valence-electron chi connectivity index (χ3n) is 3.62. The van der Waals surface area contributed by atoms with Crippen LogP contribution in [0.15, 0.2) is 6.33 Å². The Kier molecular flexibility index (Phi) is 2.57. The van der Waals surface area contributed by atoms with Crippen LogP contribution >= 0.6 is 22.9 Å². The zero-order valence-corrected chi connectivity index (χ0v) is 11.3. The maximum atomic E-state index is 11.3. The summed E-state index contributed by atoms with van der Waals surface area (Å²) in [7, 11) is 0. The van der Waals surface area contributed by atoms with Gasteiger partial charge in [-0.05, 0) is 31.7 Å². The Morgan fingerprint density at radius 1 is 1.56 bits per heavy atom. The summed E-state index contributed by atoms with van der Waals surface area (Å²) in [5.74, 6) is -0.734. The maximum absolute atomic E-state index is 11.3. The quantitative estimate of drug-likeness (QED) is 0.817. The van der Waals surface area contributed by atoms with Crippen molar-refractivity contribution in [2.24, 2.45) is 5.41 Å². The molecular formula is C12H11ClN2O2S. The Morgan fingerprint density at radius 2 is 2.33 bits per heavy atom. The topological polar surface area (TPSA) is 63.1 Å². The SMILES string of the molecule is C[C@]1(C(=O)O)CCc2c(sc3ncnc(Cl)c23)C1. The summed E-state index contributed by atoms with van der Waals surface area (Å²) in [6, 6.07) is 0. The van der Waals surface area contributed by atoms with Crippen molar-refractivity contribution in [1.29, 1.82) is 0 Å². The van der Waals surface area contributed by atoms with Gasteiger partial charge in [-0.1, -0.05) is 11.6 Å². The van der Waals surface area contributed by atoms with Crippen LogP contribution in [0.2, 0.25) is 5.15 Å². The first-order valence-corrected chi connectivity index (χ1v) is 6.85. The zero-order chi connectivity index (χ0) is 12.9. The number of nitrogens with zero attached hydrogens (tertiary/aromatic N) is 2. The molecule has 4 nitrogen and oxygen atoms in total. The summed E-state index contributed by atoms with van der Waals surface area (Å²) in [5, 5.41) is 10.7. The molecule has 0 bridgehead atoms. The van der Waals surface area contributed by atoms with Crippen LogP contribution in [0.25, 0.3) is 10.2 Å². The lowest BCUT2D eigenvalue weighted by atomic mass is 9.75. The number of rotatable bonds is 1. The third kappa shape index (κ3) is 1.61. The number of hydrogen-bond acceptors (Lipinski definition) is 4. The summed E-state index contributed by atoms with van der Waals surface area (Å²) in [4.78, 5) is 21.5. The molecule has 0 spiro atoms. The van der Waals surface area contributed by atoms with E-state index in [1.807, 2.05) is 0 Å². The molecule has 94 valence electrons. The summed E-state index contributed by atoms with van der Waals surface area (Å²) < 4.78 is 0. The molecule has 0 unspecified atom stereocenters. The number of aromatic nitrogens is 2. The largest absolute Gasteiger partial charge is 0.481 e. The van der Waals surface area contributed by atoms with Crippen LogP contribution < -0.4 is 0 Å². The van der Waals surface area contributed by atoms with Crippen LogP contribution in [-0.4, -0.2) is 21.0 Å². The van der Waals surface area contributed by atoms with Gasteiger partial charge in [0, 0.05) is 4.88 Å². The Hall–Kier alpha value is -1.20. The first-order chi connectivity index (χ1) is 8.51. The van der Waals surface area contributed by atoms with Gasteiger partial charge in [-0.25, -0.2) is 9.97 Å². The van der Waals surface area contributed by atoms with E-state index in [0.717, 1.165) is 27.1 Å². The number of aryl methyl sites for hydroxylation is 1. The number of fused-ring (bicyclic) bond motifs is 3. The highest BCUT2D eigenvalue weighted by molar-refractivity contribution is 7.19. The van der Waals surface area contributed by atoms with Crippen molar-refractivity contribution < 1.29 is 9.90 Å².